The molecule has 0 aliphatic heterocycles. The minimum atomic E-state index is -4.55. The third-order valence-corrected chi connectivity index (χ3v) is 2.68. The molecule has 0 heterocycles. The van der Waals surface area contributed by atoms with Crippen molar-refractivity contribution in [3.05, 3.63) is 24.7 Å². The van der Waals surface area contributed by atoms with Crippen LogP contribution in [0.3, 0.4) is 0 Å². The first kappa shape index (κ1) is 27.5. The first-order valence-electron chi connectivity index (χ1n) is 6.70. The summed E-state index contributed by atoms with van der Waals surface area (Å²) in [4.78, 5) is 0. The van der Waals surface area contributed by atoms with E-state index in [2.05, 4.69) is 8.37 Å². The van der Waals surface area contributed by atoms with Gasteiger partial charge in [0.2, 0.25) is 0 Å². The molecule has 23 heavy (non-hydrogen) atoms. The van der Waals surface area contributed by atoms with Crippen LogP contribution in [0.1, 0.15) is 52.4 Å². The maximum absolute atomic E-state index is 9.83. The van der Waals surface area contributed by atoms with Crippen molar-refractivity contribution in [3.8, 4) is 0 Å². The molecule has 0 atom stereocenters. The van der Waals surface area contributed by atoms with Crippen molar-refractivity contribution in [2.24, 2.45) is 0 Å². The largest absolute Gasteiger partial charge is 2.00 e. The second-order valence-corrected chi connectivity index (χ2v) is 6.05. The number of hydrogen-bond acceptors (Lipinski definition) is 8. The van der Waals surface area contributed by atoms with Crippen LogP contribution < -0.4 is 0 Å². The number of allylic oxidation sites excluding steroid dienone is 2. The monoisotopic (exact) mass is 382 g/mol. The van der Waals surface area contributed by atoms with Crippen LogP contribution in [0.15, 0.2) is 24.7 Å². The van der Waals surface area contributed by atoms with Crippen LogP contribution in [-0.4, -0.2) is 49.0 Å². The summed E-state index contributed by atoms with van der Waals surface area (Å²) in [5.74, 6) is 0. The Labute approximate surface area is 155 Å². The molecular weight excluding hydrogens is 361 g/mol. The Hall–Kier alpha value is -0.334. The third kappa shape index (κ3) is 34.1. The van der Waals surface area contributed by atoms with Gasteiger partial charge in [-0.25, -0.2) is 16.8 Å². The van der Waals surface area contributed by atoms with Gasteiger partial charge < -0.3 is 17.5 Å². The fraction of sp³-hybridized carbons (Fsp3) is 0.667. The van der Waals surface area contributed by atoms with E-state index in [1.165, 1.54) is 12.2 Å². The van der Waals surface area contributed by atoms with Gasteiger partial charge in [0.15, 0.2) is 0 Å². The van der Waals surface area contributed by atoms with Crippen LogP contribution in [0, 0.1) is 0 Å². The molecule has 0 aliphatic carbocycles. The van der Waals surface area contributed by atoms with Crippen molar-refractivity contribution in [3.63, 3.8) is 0 Å². The molecule has 11 heteroatoms. The molecule has 8 nitrogen and oxygen atoms in total. The number of unbranched alkanes of at least 4 members (excludes halogenated alkanes) is 4. The Morgan fingerprint density at radius 1 is 0.783 bits per heavy atom. The zero-order chi connectivity index (χ0) is 17.5. The Morgan fingerprint density at radius 3 is 1.30 bits per heavy atom. The summed E-state index contributed by atoms with van der Waals surface area (Å²) in [6.45, 7) is 4.03. The molecule has 0 saturated heterocycles. The maximum atomic E-state index is 9.83. The van der Waals surface area contributed by atoms with Crippen molar-refractivity contribution in [1.82, 2.24) is 0 Å². The topological polar surface area (TPSA) is 133 Å². The van der Waals surface area contributed by atoms with Crippen molar-refractivity contribution in [1.29, 1.82) is 0 Å². The third-order valence-electron chi connectivity index (χ3n) is 1.99. The van der Waals surface area contributed by atoms with Crippen LogP contribution >= 0.6 is 0 Å². The molecule has 0 rings (SSSR count). The van der Waals surface area contributed by atoms with Gasteiger partial charge in [-0.3, -0.25) is 0 Å². The summed E-state index contributed by atoms with van der Waals surface area (Å²) in [5.41, 5.74) is 0. The molecule has 0 bridgehead atoms. The van der Waals surface area contributed by atoms with E-state index in [-0.39, 0.29) is 23.1 Å². The summed E-state index contributed by atoms with van der Waals surface area (Å²) in [5, 5.41) is 0. The van der Waals surface area contributed by atoms with Crippen LogP contribution in [0.4, 0.5) is 0 Å². The summed E-state index contributed by atoms with van der Waals surface area (Å²) in [7, 11) is -9.10. The van der Waals surface area contributed by atoms with Crippen molar-refractivity contribution in [2.75, 3.05) is 0 Å². The van der Waals surface area contributed by atoms with Gasteiger partial charge in [0, 0.05) is 0 Å². The Balaban J connectivity index is -0.000000333. The first-order valence-corrected chi connectivity index (χ1v) is 9.37. The van der Waals surface area contributed by atoms with Crippen molar-refractivity contribution in [2.45, 2.75) is 52.4 Å². The molecule has 0 aromatic rings. The molecule has 0 saturated carbocycles. The van der Waals surface area contributed by atoms with Crippen molar-refractivity contribution >= 4 is 43.9 Å². The van der Waals surface area contributed by atoms with E-state index in [4.69, 9.17) is 0 Å². The standard InChI is InChI=1S/2C6H12O4S.Mg/c2*1-2-3-4-5-6-10-11(7,8)9;/h2*5-6H,2-4H2,1H3,(H,7,8,9);/q;;+2/p-2/b2*6-5+;. The second kappa shape index (κ2) is 16.5. The average Bonchev–Trinajstić information content (AvgIpc) is 2.36. The second-order valence-electron chi connectivity index (χ2n) is 4.04. The molecule has 132 valence electrons. The first-order chi connectivity index (χ1) is 10.1. The van der Waals surface area contributed by atoms with E-state index in [0.29, 0.717) is 0 Å². The molecule has 0 radical (unpaired) electrons. The van der Waals surface area contributed by atoms with E-state index in [1.54, 1.807) is 0 Å². The predicted octanol–water partition coefficient (Wildman–Crippen LogP) is 1.95. The molecule has 0 aromatic carbocycles. The van der Waals surface area contributed by atoms with E-state index in [0.717, 1.165) is 51.0 Å². The summed E-state index contributed by atoms with van der Waals surface area (Å²) < 4.78 is 66.6. The SMILES string of the molecule is CCCC/C=C/OS(=O)(=O)[O-].CCCC/C=C/OS(=O)(=O)[O-].[Mg+2]. The molecule has 0 aliphatic rings. The van der Waals surface area contributed by atoms with Gasteiger partial charge in [0.05, 0.1) is 0 Å². The molecule has 0 spiro atoms. The van der Waals surface area contributed by atoms with Crippen LogP contribution in [0.5, 0.6) is 0 Å². The normalized spacial score (nSPS) is 11.7. The van der Waals surface area contributed by atoms with Gasteiger partial charge in [0.25, 0.3) is 20.8 Å². The maximum Gasteiger partial charge on any atom is 2.00 e. The summed E-state index contributed by atoms with van der Waals surface area (Å²) >= 11 is 0. The Kier molecular flexibility index (Phi) is 19.8. The molecule has 0 aromatic heterocycles. The minimum Gasteiger partial charge on any atom is -0.716 e. The summed E-state index contributed by atoms with van der Waals surface area (Å²) in [6.07, 6.45) is 10.3. The van der Waals surface area contributed by atoms with Gasteiger partial charge in [-0.05, 0) is 37.8 Å². The molecule has 0 fully saturated rings. The fourth-order valence-corrected chi connectivity index (χ4v) is 1.42. The Morgan fingerprint density at radius 2 is 1.09 bits per heavy atom. The Bertz CT molecular complexity index is 463. The molecule has 0 N–H and O–H groups in total. The van der Waals surface area contributed by atoms with Gasteiger partial charge in [-0.1, -0.05) is 26.7 Å². The fourth-order valence-electron chi connectivity index (χ4n) is 0.995. The zero-order valence-electron chi connectivity index (χ0n) is 13.3. The number of hydrogen-bond donors (Lipinski definition) is 0. The van der Waals surface area contributed by atoms with Crippen LogP contribution in [0.2, 0.25) is 0 Å². The molecular formula is C12H22MgO8S2. The van der Waals surface area contributed by atoms with Crippen molar-refractivity contribution < 1.29 is 34.3 Å². The quantitative estimate of drug-likeness (QED) is 0.184. The van der Waals surface area contributed by atoms with E-state index < -0.39 is 20.8 Å². The van der Waals surface area contributed by atoms with E-state index in [1.807, 2.05) is 13.8 Å². The van der Waals surface area contributed by atoms with Crippen LogP contribution in [0.25, 0.3) is 0 Å². The van der Waals surface area contributed by atoms with Gasteiger partial charge >= 0.3 is 23.1 Å². The van der Waals surface area contributed by atoms with Crippen LogP contribution in [-0.2, 0) is 29.2 Å². The predicted molar refractivity (Wildman–Crippen MR) is 84.6 cm³/mol. The molecule has 0 unspecified atom stereocenters. The zero-order valence-corrected chi connectivity index (χ0v) is 16.4. The van der Waals surface area contributed by atoms with Gasteiger partial charge in [-0.2, -0.15) is 0 Å². The smallest absolute Gasteiger partial charge is 0.716 e. The van der Waals surface area contributed by atoms with Gasteiger partial charge in [-0.15, -0.1) is 0 Å². The number of rotatable bonds is 10. The van der Waals surface area contributed by atoms with Gasteiger partial charge in [0.1, 0.15) is 12.5 Å². The van der Waals surface area contributed by atoms with E-state index >= 15 is 0 Å². The minimum absolute atomic E-state index is 0. The molecule has 0 amide bonds. The average molecular weight is 383 g/mol. The van der Waals surface area contributed by atoms with E-state index in [9.17, 15) is 25.9 Å². The summed E-state index contributed by atoms with van der Waals surface area (Å²) in [6, 6.07) is 0.